The van der Waals surface area contributed by atoms with Gasteiger partial charge in [-0.2, -0.15) is 0 Å². The summed E-state index contributed by atoms with van der Waals surface area (Å²) >= 11 is 0. The first-order valence-electron chi connectivity index (χ1n) is 22.9. The van der Waals surface area contributed by atoms with E-state index in [1.807, 2.05) is 146 Å². The largest absolute Gasteiger partial charge is 0.516 e. The third-order valence-corrected chi connectivity index (χ3v) is 19.8. The van der Waals surface area contributed by atoms with E-state index in [-0.39, 0.29) is 54.4 Å². The van der Waals surface area contributed by atoms with Crippen LogP contribution in [0.4, 0.5) is 0 Å². The van der Waals surface area contributed by atoms with Crippen molar-refractivity contribution in [3.8, 4) is 0 Å². The monoisotopic (exact) mass is 864 g/mol. The minimum absolute atomic E-state index is 0.107. The standard InChI is InChI=1S/C55H68N2O5Si/c1-8-41(4)63(42(5)9-2,55(6,7)48-33-23-14-24-34-48)62-54(61)50(38-46-31-21-13-22-32-46)57-53(60)47(36-44-27-17-11-18-28-44)39-51(58)49(37-45-29-19-12-20-30-45)56-52(59)40(3)35-43-25-15-10-16-26-43/h10-34,40-42,47,49-50H,8-9,35-39H2,1-7H3,(H,56,59)(H,57,60)/t40-,41?,42?,47+,49-,50-,63?/m0/s1. The second-order valence-electron chi connectivity index (χ2n) is 18.0. The SMILES string of the molecule is CCC(C)[Si](OC(=O)[C@H](Cc1ccccc1)NC(=O)[C@@H](CC(=O)[C@H](Cc1ccccc1)NC(=O)[C@@H](C)Cc1ccccc1)Cc1ccccc1)(C(C)CC)C(C)(C)c1ccccc1. The molecular formula is C55H68N2O5Si. The van der Waals surface area contributed by atoms with Crippen molar-refractivity contribution in [2.24, 2.45) is 11.8 Å². The Labute approximate surface area is 377 Å². The Bertz CT molecular complexity index is 2170. The lowest BCUT2D eigenvalue weighted by molar-refractivity contribution is -0.142. The van der Waals surface area contributed by atoms with E-state index in [1.54, 1.807) is 0 Å². The molecule has 0 radical (unpaired) electrons. The zero-order valence-electron chi connectivity index (χ0n) is 38.4. The summed E-state index contributed by atoms with van der Waals surface area (Å²) in [5.74, 6) is -2.56. The minimum atomic E-state index is -3.08. The molecule has 7 nitrogen and oxygen atoms in total. The average molecular weight is 865 g/mol. The number of amides is 2. The maximum atomic E-state index is 15.1. The van der Waals surface area contributed by atoms with Crippen LogP contribution in [0.1, 0.15) is 95.5 Å². The number of carbonyl (C=O) groups is 4. The molecular weight excluding hydrogens is 797 g/mol. The van der Waals surface area contributed by atoms with Gasteiger partial charge in [-0.3, -0.25) is 19.2 Å². The van der Waals surface area contributed by atoms with Gasteiger partial charge in [-0.25, -0.2) is 0 Å². The van der Waals surface area contributed by atoms with Crippen LogP contribution >= 0.6 is 0 Å². The van der Waals surface area contributed by atoms with Crippen molar-refractivity contribution in [3.63, 3.8) is 0 Å². The van der Waals surface area contributed by atoms with Crippen LogP contribution in [0, 0.1) is 11.8 Å². The molecule has 0 aliphatic heterocycles. The second kappa shape index (κ2) is 23.2. The Balaban J connectivity index is 1.49. The van der Waals surface area contributed by atoms with E-state index >= 15 is 4.79 Å². The van der Waals surface area contributed by atoms with Gasteiger partial charge in [-0.05, 0) is 58.2 Å². The number of carbonyl (C=O) groups excluding carboxylic acids is 4. The molecule has 0 aromatic heterocycles. The number of benzene rings is 5. The molecule has 5 aromatic carbocycles. The molecule has 5 aromatic rings. The summed E-state index contributed by atoms with van der Waals surface area (Å²) < 4.78 is 7.16. The van der Waals surface area contributed by atoms with E-state index in [0.717, 1.165) is 40.7 Å². The minimum Gasteiger partial charge on any atom is -0.516 e. The number of ketones is 1. The fourth-order valence-electron chi connectivity index (χ4n) is 9.31. The molecule has 2 amide bonds. The first-order valence-corrected chi connectivity index (χ1v) is 24.9. The predicted octanol–water partition coefficient (Wildman–Crippen LogP) is 10.7. The molecule has 63 heavy (non-hydrogen) atoms. The van der Waals surface area contributed by atoms with E-state index in [4.69, 9.17) is 4.43 Å². The van der Waals surface area contributed by atoms with Crippen molar-refractivity contribution in [3.05, 3.63) is 179 Å². The highest BCUT2D eigenvalue weighted by Gasteiger charge is 2.59. The molecule has 0 spiro atoms. The number of hydrogen-bond acceptors (Lipinski definition) is 5. The van der Waals surface area contributed by atoms with Crippen LogP contribution < -0.4 is 10.6 Å². The van der Waals surface area contributed by atoms with Crippen molar-refractivity contribution in [2.45, 2.75) is 122 Å². The Morgan fingerprint density at radius 2 is 0.905 bits per heavy atom. The highest BCUT2D eigenvalue weighted by molar-refractivity contribution is 6.80. The van der Waals surface area contributed by atoms with Crippen LogP contribution in [0.2, 0.25) is 11.1 Å². The van der Waals surface area contributed by atoms with E-state index in [2.05, 4.69) is 64.3 Å². The van der Waals surface area contributed by atoms with Crippen molar-refractivity contribution in [1.29, 1.82) is 0 Å². The van der Waals surface area contributed by atoms with Gasteiger partial charge in [0.05, 0.1) is 6.04 Å². The fourth-order valence-corrected chi connectivity index (χ4v) is 15.7. The van der Waals surface area contributed by atoms with Gasteiger partial charge in [0, 0.05) is 29.7 Å². The summed E-state index contributed by atoms with van der Waals surface area (Å²) in [6.45, 7) is 15.1. The lowest BCUT2D eigenvalue weighted by atomic mass is 9.89. The molecule has 2 N–H and O–H groups in total. The lowest BCUT2D eigenvalue weighted by Gasteiger charge is -2.51. The second-order valence-corrected chi connectivity index (χ2v) is 23.0. The quantitative estimate of drug-likeness (QED) is 0.0637. The zero-order valence-corrected chi connectivity index (χ0v) is 39.4. The molecule has 0 saturated heterocycles. The van der Waals surface area contributed by atoms with Gasteiger partial charge in [-0.1, -0.05) is 213 Å². The van der Waals surface area contributed by atoms with Crippen LogP contribution in [0.15, 0.2) is 152 Å². The Kier molecular flexibility index (Phi) is 17.8. The first kappa shape index (κ1) is 48.4. The lowest BCUT2D eigenvalue weighted by Crippen LogP contribution is -2.63. The molecule has 2 unspecified atom stereocenters. The Hall–Kier alpha value is -5.60. The number of Topliss-reactive ketones (excluding diaryl/α,β-unsaturated/α-hetero) is 1. The van der Waals surface area contributed by atoms with Gasteiger partial charge in [-0.15, -0.1) is 0 Å². The van der Waals surface area contributed by atoms with Crippen LogP contribution in [-0.4, -0.2) is 44.0 Å². The smallest absolute Gasteiger partial charge is 0.315 e. The summed E-state index contributed by atoms with van der Waals surface area (Å²) in [7, 11) is -3.08. The van der Waals surface area contributed by atoms with Crippen LogP contribution in [0.25, 0.3) is 0 Å². The molecule has 8 heteroatoms. The number of nitrogens with one attached hydrogen (secondary N) is 2. The summed E-state index contributed by atoms with van der Waals surface area (Å²) in [5.41, 5.74) is 5.04. The molecule has 0 aliphatic carbocycles. The maximum Gasteiger partial charge on any atom is 0.315 e. The topological polar surface area (TPSA) is 102 Å². The van der Waals surface area contributed by atoms with Gasteiger partial charge >= 0.3 is 5.97 Å². The van der Waals surface area contributed by atoms with Crippen molar-refractivity contribution in [1.82, 2.24) is 10.6 Å². The number of hydrogen-bond donors (Lipinski definition) is 2. The fraction of sp³-hybridized carbons (Fsp3) is 0.382. The normalized spacial score (nSPS) is 15.3. The third kappa shape index (κ3) is 12.8. The Morgan fingerprint density at radius 3 is 1.35 bits per heavy atom. The molecule has 5 rings (SSSR count). The predicted molar refractivity (Wildman–Crippen MR) is 257 cm³/mol. The van der Waals surface area contributed by atoms with E-state index in [1.165, 1.54) is 0 Å². The molecule has 6 atom stereocenters. The highest BCUT2D eigenvalue weighted by Crippen LogP contribution is 2.50. The van der Waals surface area contributed by atoms with Gasteiger partial charge in [0.15, 0.2) is 5.78 Å². The van der Waals surface area contributed by atoms with Crippen molar-refractivity contribution in [2.75, 3.05) is 0 Å². The highest BCUT2D eigenvalue weighted by atomic mass is 28.4. The third-order valence-electron chi connectivity index (χ3n) is 13.3. The summed E-state index contributed by atoms with van der Waals surface area (Å²) in [6, 6.07) is 47.2. The maximum absolute atomic E-state index is 15.1. The van der Waals surface area contributed by atoms with Crippen LogP contribution in [0.3, 0.4) is 0 Å². The first-order chi connectivity index (χ1) is 30.3. The van der Waals surface area contributed by atoms with Crippen molar-refractivity contribution >= 4 is 31.9 Å². The van der Waals surface area contributed by atoms with E-state index in [0.29, 0.717) is 6.42 Å². The van der Waals surface area contributed by atoms with Crippen molar-refractivity contribution < 1.29 is 23.6 Å². The molecule has 0 heterocycles. The van der Waals surface area contributed by atoms with Gasteiger partial charge < -0.3 is 15.1 Å². The Morgan fingerprint density at radius 1 is 0.524 bits per heavy atom. The zero-order chi connectivity index (χ0) is 45.4. The van der Waals surface area contributed by atoms with E-state index < -0.39 is 43.2 Å². The summed E-state index contributed by atoms with van der Waals surface area (Å²) in [4.78, 5) is 58.5. The molecule has 0 bridgehead atoms. The molecule has 0 aliphatic rings. The molecule has 0 fully saturated rings. The van der Waals surface area contributed by atoms with Gasteiger partial charge in [0.2, 0.25) is 11.8 Å². The molecule has 0 saturated carbocycles. The summed E-state index contributed by atoms with van der Waals surface area (Å²) in [5, 5.41) is 5.78. The van der Waals surface area contributed by atoms with Gasteiger partial charge in [0.25, 0.3) is 8.32 Å². The van der Waals surface area contributed by atoms with Gasteiger partial charge in [0.1, 0.15) is 6.04 Å². The van der Waals surface area contributed by atoms with Crippen LogP contribution in [-0.2, 0) is 54.3 Å². The number of rotatable bonds is 23. The van der Waals surface area contributed by atoms with Crippen LogP contribution in [0.5, 0.6) is 0 Å². The summed E-state index contributed by atoms with van der Waals surface area (Å²) in [6.07, 6.45) is 2.82. The average Bonchev–Trinajstić information content (AvgIpc) is 3.30. The molecule has 332 valence electrons. The van der Waals surface area contributed by atoms with E-state index in [9.17, 15) is 14.4 Å².